The lowest BCUT2D eigenvalue weighted by molar-refractivity contribution is 0.0949. The van der Waals surface area contributed by atoms with Crippen molar-refractivity contribution < 1.29 is 4.79 Å². The van der Waals surface area contributed by atoms with Crippen LogP contribution < -0.4 is 10.2 Å². The number of hydrogen-bond donors (Lipinski definition) is 1. The molecule has 1 fully saturated rings. The van der Waals surface area contributed by atoms with Crippen LogP contribution in [0.25, 0.3) is 11.0 Å². The summed E-state index contributed by atoms with van der Waals surface area (Å²) in [4.78, 5) is 19.3. The number of benzene rings is 2. The summed E-state index contributed by atoms with van der Waals surface area (Å²) in [6, 6.07) is 16.3. The first-order valence-corrected chi connectivity index (χ1v) is 8.65. The van der Waals surface area contributed by atoms with Gasteiger partial charge in [-0.15, -0.1) is 0 Å². The van der Waals surface area contributed by atoms with E-state index in [1.165, 1.54) is 12.8 Å². The first-order chi connectivity index (χ1) is 12.1. The summed E-state index contributed by atoms with van der Waals surface area (Å²) in [5.74, 6) is 0.860. The highest BCUT2D eigenvalue weighted by Gasteiger charge is 2.28. The molecule has 1 heterocycles. The average Bonchev–Trinajstić information content (AvgIpc) is 3.40. The molecular weight excluding hydrogens is 312 g/mol. The molecule has 0 spiro atoms. The Hall–Kier alpha value is -2.82. The van der Waals surface area contributed by atoms with Gasteiger partial charge in [0, 0.05) is 31.4 Å². The van der Waals surface area contributed by atoms with Crippen molar-refractivity contribution in [2.24, 2.45) is 0 Å². The van der Waals surface area contributed by atoms with Gasteiger partial charge in [0.1, 0.15) is 5.82 Å². The van der Waals surface area contributed by atoms with Gasteiger partial charge in [0.25, 0.3) is 5.91 Å². The number of imidazole rings is 1. The van der Waals surface area contributed by atoms with Crippen LogP contribution in [0.3, 0.4) is 0 Å². The van der Waals surface area contributed by atoms with Crippen LogP contribution in [-0.4, -0.2) is 29.6 Å². The van der Waals surface area contributed by atoms with Gasteiger partial charge in [-0.2, -0.15) is 0 Å². The van der Waals surface area contributed by atoms with Gasteiger partial charge >= 0.3 is 0 Å². The van der Waals surface area contributed by atoms with E-state index in [1.807, 2.05) is 61.5 Å². The molecule has 1 aliphatic carbocycles. The summed E-state index contributed by atoms with van der Waals surface area (Å²) in [6.07, 6.45) is 2.37. The number of carbonyl (C=O) groups excluding carboxylic acids is 1. The Morgan fingerprint density at radius 2 is 2.00 bits per heavy atom. The van der Waals surface area contributed by atoms with Gasteiger partial charge in [-0.05, 0) is 43.2 Å². The zero-order valence-electron chi connectivity index (χ0n) is 14.6. The SMILES string of the molecule is CN(C)c1cccc(C(=O)NCc2nc3ccccc3n2C2CC2)c1. The minimum absolute atomic E-state index is 0.0712. The summed E-state index contributed by atoms with van der Waals surface area (Å²) < 4.78 is 2.28. The Kier molecular flexibility index (Phi) is 3.92. The van der Waals surface area contributed by atoms with E-state index in [-0.39, 0.29) is 5.91 Å². The normalized spacial score (nSPS) is 13.8. The molecule has 1 aromatic heterocycles. The third-order valence-corrected chi connectivity index (χ3v) is 4.61. The fourth-order valence-electron chi connectivity index (χ4n) is 3.15. The van der Waals surface area contributed by atoms with Gasteiger partial charge in [0.15, 0.2) is 0 Å². The molecule has 4 rings (SSSR count). The minimum atomic E-state index is -0.0712. The zero-order chi connectivity index (χ0) is 17.4. The predicted octanol–water partition coefficient (Wildman–Crippen LogP) is 3.37. The molecule has 1 aliphatic rings. The molecule has 0 aliphatic heterocycles. The molecule has 5 heteroatoms. The maximum atomic E-state index is 12.5. The van der Waals surface area contributed by atoms with E-state index in [9.17, 15) is 4.79 Å². The molecule has 0 bridgehead atoms. The van der Waals surface area contributed by atoms with E-state index in [0.29, 0.717) is 18.2 Å². The van der Waals surface area contributed by atoms with Crippen LogP contribution in [0.1, 0.15) is 35.1 Å². The molecule has 0 saturated heterocycles. The Morgan fingerprint density at radius 1 is 1.20 bits per heavy atom. The molecule has 1 saturated carbocycles. The predicted molar refractivity (Wildman–Crippen MR) is 99.9 cm³/mol. The number of aromatic nitrogens is 2. The van der Waals surface area contributed by atoms with Crippen molar-refractivity contribution in [1.29, 1.82) is 0 Å². The van der Waals surface area contributed by atoms with Crippen molar-refractivity contribution in [3.8, 4) is 0 Å². The van der Waals surface area contributed by atoms with Gasteiger partial charge in [-0.25, -0.2) is 4.98 Å². The lowest BCUT2D eigenvalue weighted by Crippen LogP contribution is -2.25. The summed E-state index contributed by atoms with van der Waals surface area (Å²) in [5.41, 5.74) is 3.83. The minimum Gasteiger partial charge on any atom is -0.378 e. The first kappa shape index (κ1) is 15.7. The van der Waals surface area contributed by atoms with Crippen LogP contribution in [0.4, 0.5) is 5.69 Å². The maximum Gasteiger partial charge on any atom is 0.251 e. The topological polar surface area (TPSA) is 50.2 Å². The fourth-order valence-corrected chi connectivity index (χ4v) is 3.15. The molecule has 5 nitrogen and oxygen atoms in total. The monoisotopic (exact) mass is 334 g/mol. The van der Waals surface area contributed by atoms with Crippen LogP contribution in [0.15, 0.2) is 48.5 Å². The van der Waals surface area contributed by atoms with Crippen molar-refractivity contribution >= 4 is 22.6 Å². The highest BCUT2D eigenvalue weighted by Crippen LogP contribution is 2.38. The number of rotatable bonds is 5. The molecule has 0 radical (unpaired) electrons. The van der Waals surface area contributed by atoms with Crippen LogP contribution >= 0.6 is 0 Å². The van der Waals surface area contributed by atoms with Gasteiger partial charge in [0.05, 0.1) is 17.6 Å². The molecule has 2 aromatic carbocycles. The molecule has 0 unspecified atom stereocenters. The Balaban J connectivity index is 1.55. The first-order valence-electron chi connectivity index (χ1n) is 8.65. The number of fused-ring (bicyclic) bond motifs is 1. The van der Waals surface area contributed by atoms with Crippen LogP contribution in [0, 0.1) is 0 Å². The second kappa shape index (κ2) is 6.24. The smallest absolute Gasteiger partial charge is 0.251 e. The van der Waals surface area contributed by atoms with Crippen molar-refractivity contribution in [1.82, 2.24) is 14.9 Å². The van der Waals surface area contributed by atoms with Crippen molar-refractivity contribution in [2.75, 3.05) is 19.0 Å². The Labute approximate surface area is 147 Å². The summed E-state index contributed by atoms with van der Waals surface area (Å²) in [7, 11) is 3.93. The van der Waals surface area contributed by atoms with E-state index in [1.54, 1.807) is 0 Å². The highest BCUT2D eigenvalue weighted by atomic mass is 16.1. The fraction of sp³-hybridized carbons (Fsp3) is 0.300. The number of anilines is 1. The number of amides is 1. The van der Waals surface area contributed by atoms with E-state index in [0.717, 1.165) is 22.5 Å². The largest absolute Gasteiger partial charge is 0.378 e. The van der Waals surface area contributed by atoms with Gasteiger partial charge in [0.2, 0.25) is 0 Å². The molecule has 25 heavy (non-hydrogen) atoms. The molecule has 3 aromatic rings. The summed E-state index contributed by atoms with van der Waals surface area (Å²) in [5, 5.41) is 3.02. The van der Waals surface area contributed by atoms with Crippen molar-refractivity contribution in [3.63, 3.8) is 0 Å². The van der Waals surface area contributed by atoms with Crippen molar-refractivity contribution in [3.05, 3.63) is 59.9 Å². The quantitative estimate of drug-likeness (QED) is 0.778. The van der Waals surface area contributed by atoms with Crippen LogP contribution in [0.5, 0.6) is 0 Å². The van der Waals surface area contributed by atoms with E-state index in [4.69, 9.17) is 4.98 Å². The number of nitrogens with zero attached hydrogens (tertiary/aromatic N) is 3. The third kappa shape index (κ3) is 3.09. The molecule has 0 atom stereocenters. The molecular formula is C20H22N4O. The Morgan fingerprint density at radius 3 is 2.76 bits per heavy atom. The third-order valence-electron chi connectivity index (χ3n) is 4.61. The van der Waals surface area contributed by atoms with E-state index in [2.05, 4.69) is 16.0 Å². The van der Waals surface area contributed by atoms with Gasteiger partial charge in [-0.3, -0.25) is 4.79 Å². The second-order valence-corrected chi connectivity index (χ2v) is 6.75. The summed E-state index contributed by atoms with van der Waals surface area (Å²) in [6.45, 7) is 0.441. The number of carbonyl (C=O) groups is 1. The summed E-state index contributed by atoms with van der Waals surface area (Å²) >= 11 is 0. The maximum absolute atomic E-state index is 12.5. The van der Waals surface area contributed by atoms with Gasteiger partial charge < -0.3 is 14.8 Å². The highest BCUT2D eigenvalue weighted by molar-refractivity contribution is 5.95. The number of hydrogen-bond acceptors (Lipinski definition) is 3. The second-order valence-electron chi connectivity index (χ2n) is 6.75. The Bertz CT molecular complexity index is 924. The standard InChI is InChI=1S/C20H22N4O/c1-23(2)16-7-5-6-14(12-16)20(25)21-13-19-22-17-8-3-4-9-18(17)24(19)15-10-11-15/h3-9,12,15H,10-11,13H2,1-2H3,(H,21,25). The van der Waals surface area contributed by atoms with Crippen LogP contribution in [-0.2, 0) is 6.54 Å². The molecule has 1 amide bonds. The van der Waals surface area contributed by atoms with E-state index >= 15 is 0 Å². The number of nitrogens with one attached hydrogen (secondary N) is 1. The van der Waals surface area contributed by atoms with E-state index < -0.39 is 0 Å². The lowest BCUT2D eigenvalue weighted by Gasteiger charge is -2.13. The average molecular weight is 334 g/mol. The molecule has 1 N–H and O–H groups in total. The zero-order valence-corrected chi connectivity index (χ0v) is 14.6. The lowest BCUT2D eigenvalue weighted by atomic mass is 10.2. The van der Waals surface area contributed by atoms with Gasteiger partial charge in [-0.1, -0.05) is 18.2 Å². The van der Waals surface area contributed by atoms with Crippen LogP contribution in [0.2, 0.25) is 0 Å². The van der Waals surface area contributed by atoms with Crippen molar-refractivity contribution in [2.45, 2.75) is 25.4 Å². The molecule has 128 valence electrons. The number of para-hydroxylation sites is 2.